The molecule has 0 aliphatic heterocycles. The highest BCUT2D eigenvalue weighted by Crippen LogP contribution is 2.61. The summed E-state index contributed by atoms with van der Waals surface area (Å²) in [5.74, 6) is -0.0582. The van der Waals surface area contributed by atoms with Crippen LogP contribution in [0.3, 0.4) is 0 Å². The third-order valence-electron chi connectivity index (χ3n) is 9.76. The monoisotopic (exact) mass is 532 g/mol. The van der Waals surface area contributed by atoms with Crippen molar-refractivity contribution in [2.45, 2.75) is 55.8 Å². The first-order chi connectivity index (χ1) is 19.5. The van der Waals surface area contributed by atoms with Gasteiger partial charge in [-0.25, -0.2) is 0 Å². The molecule has 2 unspecified atom stereocenters. The van der Waals surface area contributed by atoms with Crippen molar-refractivity contribution in [2.24, 2.45) is 5.92 Å². The quantitative estimate of drug-likeness (QED) is 0.267. The maximum Gasteiger partial charge on any atom is 0.305 e. The van der Waals surface area contributed by atoms with Gasteiger partial charge >= 0.3 is 11.9 Å². The van der Waals surface area contributed by atoms with Crippen molar-refractivity contribution in [3.63, 3.8) is 0 Å². The van der Waals surface area contributed by atoms with Crippen LogP contribution in [0, 0.1) is 5.92 Å². The summed E-state index contributed by atoms with van der Waals surface area (Å²) in [6.07, 6.45) is 11.5. The van der Waals surface area contributed by atoms with E-state index in [4.69, 9.17) is 9.47 Å². The fraction of sp³-hybridized carbons (Fsp3) is 0.333. The number of ether oxygens (including phenoxy) is 2. The summed E-state index contributed by atoms with van der Waals surface area (Å²) in [5, 5.41) is 0. The smallest absolute Gasteiger partial charge is 0.305 e. The van der Waals surface area contributed by atoms with Gasteiger partial charge in [0.1, 0.15) is 0 Å². The number of hydrogen-bond donors (Lipinski definition) is 0. The Bertz CT molecular complexity index is 1470. The summed E-state index contributed by atoms with van der Waals surface area (Å²) < 4.78 is 10.2. The Labute approximate surface area is 236 Å². The van der Waals surface area contributed by atoms with Crippen LogP contribution in [-0.4, -0.2) is 26.2 Å². The lowest BCUT2D eigenvalue weighted by Gasteiger charge is -2.41. The number of carbonyl (C=O) groups is 2. The molecule has 204 valence electrons. The zero-order chi connectivity index (χ0) is 27.7. The Morgan fingerprint density at radius 3 is 1.88 bits per heavy atom. The van der Waals surface area contributed by atoms with Gasteiger partial charge in [0.2, 0.25) is 0 Å². The molecule has 3 aliphatic carbocycles. The van der Waals surface area contributed by atoms with E-state index in [9.17, 15) is 9.59 Å². The largest absolute Gasteiger partial charge is 0.469 e. The molecule has 6 rings (SSSR count). The molecule has 4 nitrogen and oxygen atoms in total. The highest BCUT2D eigenvalue weighted by Gasteiger charge is 2.51. The third kappa shape index (κ3) is 4.13. The molecule has 3 aromatic carbocycles. The fourth-order valence-electron chi connectivity index (χ4n) is 7.89. The molecule has 40 heavy (non-hydrogen) atoms. The van der Waals surface area contributed by atoms with Crippen LogP contribution >= 0.6 is 0 Å². The standard InChI is InChI=1S/C36H36O4/c1-39-33(37)19-21-35(29-15-7-3-11-25(29)26-12-4-8-16-30(26)35)23-24-36(22-20-34(38)40-2)31-17-9-5-13-27(31)28-14-6-10-18-32(28)36/h3-17,32H,18-24H2,1-2H3. The molecule has 4 heteroatoms. The van der Waals surface area contributed by atoms with E-state index in [1.165, 1.54) is 53.2 Å². The first kappa shape index (κ1) is 26.3. The molecular formula is C36H36O4. The van der Waals surface area contributed by atoms with E-state index in [1.54, 1.807) is 0 Å². The number of rotatable bonds is 9. The molecular weight excluding hydrogens is 496 g/mol. The van der Waals surface area contributed by atoms with Crippen LogP contribution < -0.4 is 0 Å². The summed E-state index contributed by atoms with van der Waals surface area (Å²) in [6, 6.07) is 26.1. The van der Waals surface area contributed by atoms with Gasteiger partial charge in [-0.05, 0) is 77.0 Å². The SMILES string of the molecule is COC(=O)CCC1(CCC2(CCC(=O)OC)c3ccccc3C3=CC=CCC32)c2ccccc2-c2ccccc21. The van der Waals surface area contributed by atoms with Crippen molar-refractivity contribution in [1.29, 1.82) is 0 Å². The van der Waals surface area contributed by atoms with Crippen LogP contribution in [0.15, 0.2) is 91.0 Å². The number of methoxy groups -OCH3 is 2. The van der Waals surface area contributed by atoms with Crippen molar-refractivity contribution in [1.82, 2.24) is 0 Å². The molecule has 0 amide bonds. The van der Waals surface area contributed by atoms with Gasteiger partial charge in [0.05, 0.1) is 14.2 Å². The maximum absolute atomic E-state index is 12.5. The van der Waals surface area contributed by atoms with E-state index in [0.717, 1.165) is 25.7 Å². The molecule has 0 spiro atoms. The normalized spacial score (nSPS) is 21.1. The average Bonchev–Trinajstić information content (AvgIpc) is 3.46. The van der Waals surface area contributed by atoms with Crippen LogP contribution in [0.5, 0.6) is 0 Å². The predicted octanol–water partition coefficient (Wildman–Crippen LogP) is 7.55. The lowest BCUT2D eigenvalue weighted by atomic mass is 9.61. The molecule has 0 fully saturated rings. The van der Waals surface area contributed by atoms with Crippen LogP contribution in [0.25, 0.3) is 16.7 Å². The number of allylic oxidation sites excluding steroid dienone is 4. The van der Waals surface area contributed by atoms with Gasteiger partial charge in [0.25, 0.3) is 0 Å². The van der Waals surface area contributed by atoms with E-state index in [0.29, 0.717) is 25.2 Å². The molecule has 0 N–H and O–H groups in total. The molecule has 2 atom stereocenters. The molecule has 0 radical (unpaired) electrons. The highest BCUT2D eigenvalue weighted by molar-refractivity contribution is 5.83. The molecule has 3 aliphatic rings. The van der Waals surface area contributed by atoms with Crippen molar-refractivity contribution in [3.8, 4) is 11.1 Å². The fourth-order valence-corrected chi connectivity index (χ4v) is 7.89. The highest BCUT2D eigenvalue weighted by atomic mass is 16.5. The lowest BCUT2D eigenvalue weighted by molar-refractivity contribution is -0.142. The number of hydrogen-bond acceptors (Lipinski definition) is 4. The van der Waals surface area contributed by atoms with Gasteiger partial charge < -0.3 is 9.47 Å². The molecule has 0 bridgehead atoms. The summed E-state index contributed by atoms with van der Waals surface area (Å²) >= 11 is 0. The Hall–Kier alpha value is -3.92. The van der Waals surface area contributed by atoms with Gasteiger partial charge in [-0.3, -0.25) is 9.59 Å². The zero-order valence-electron chi connectivity index (χ0n) is 23.3. The van der Waals surface area contributed by atoms with Crippen molar-refractivity contribution < 1.29 is 19.1 Å². The first-order valence-electron chi connectivity index (χ1n) is 14.3. The van der Waals surface area contributed by atoms with Crippen LogP contribution in [0.4, 0.5) is 0 Å². The van der Waals surface area contributed by atoms with Gasteiger partial charge in [-0.2, -0.15) is 0 Å². The number of carbonyl (C=O) groups excluding carboxylic acids is 2. The molecule has 0 aromatic heterocycles. The van der Waals surface area contributed by atoms with Crippen molar-refractivity contribution >= 4 is 17.5 Å². The summed E-state index contributed by atoms with van der Waals surface area (Å²) in [6.45, 7) is 0. The summed E-state index contributed by atoms with van der Waals surface area (Å²) in [7, 11) is 2.94. The molecule has 0 saturated carbocycles. The minimum Gasteiger partial charge on any atom is -0.469 e. The Balaban J connectivity index is 1.48. The molecule has 0 saturated heterocycles. The second-order valence-electron chi connectivity index (χ2n) is 11.4. The third-order valence-corrected chi connectivity index (χ3v) is 9.76. The second kappa shape index (κ2) is 10.6. The Kier molecular flexibility index (Phi) is 6.95. The Morgan fingerprint density at radius 1 is 0.700 bits per heavy atom. The molecule has 3 aromatic rings. The van der Waals surface area contributed by atoms with E-state index in [1.807, 2.05) is 0 Å². The second-order valence-corrected chi connectivity index (χ2v) is 11.4. The summed E-state index contributed by atoms with van der Waals surface area (Å²) in [4.78, 5) is 25.1. The number of esters is 2. The van der Waals surface area contributed by atoms with Crippen LogP contribution in [-0.2, 0) is 29.9 Å². The topological polar surface area (TPSA) is 52.6 Å². The van der Waals surface area contributed by atoms with Crippen LogP contribution in [0.2, 0.25) is 0 Å². The minimum absolute atomic E-state index is 0.169. The lowest BCUT2D eigenvalue weighted by Crippen LogP contribution is -2.36. The van der Waals surface area contributed by atoms with Crippen molar-refractivity contribution in [3.05, 3.63) is 113 Å². The maximum atomic E-state index is 12.5. The predicted molar refractivity (Wildman–Crippen MR) is 158 cm³/mol. The van der Waals surface area contributed by atoms with E-state index >= 15 is 0 Å². The van der Waals surface area contributed by atoms with Gasteiger partial charge in [-0.1, -0.05) is 91.0 Å². The van der Waals surface area contributed by atoms with E-state index in [-0.39, 0.29) is 22.8 Å². The van der Waals surface area contributed by atoms with E-state index in [2.05, 4.69) is 91.0 Å². The summed E-state index contributed by atoms with van der Waals surface area (Å²) in [5.41, 5.74) is 8.54. The number of benzene rings is 3. The van der Waals surface area contributed by atoms with Gasteiger partial charge in [-0.15, -0.1) is 0 Å². The minimum atomic E-state index is -0.328. The van der Waals surface area contributed by atoms with Gasteiger partial charge in [0.15, 0.2) is 0 Å². The zero-order valence-corrected chi connectivity index (χ0v) is 23.3. The average molecular weight is 533 g/mol. The Morgan fingerprint density at radius 2 is 1.25 bits per heavy atom. The van der Waals surface area contributed by atoms with Gasteiger partial charge in [0, 0.05) is 23.7 Å². The first-order valence-corrected chi connectivity index (χ1v) is 14.3. The molecule has 0 heterocycles. The van der Waals surface area contributed by atoms with E-state index < -0.39 is 0 Å². The van der Waals surface area contributed by atoms with Crippen molar-refractivity contribution in [2.75, 3.05) is 14.2 Å². The van der Waals surface area contributed by atoms with Crippen LogP contribution in [0.1, 0.15) is 67.2 Å². The number of fused-ring (bicyclic) bond motifs is 6.